The number of ether oxygens (including phenoxy) is 2. The number of aromatic nitrogens is 1. The second-order valence-corrected chi connectivity index (χ2v) is 4.61. The number of hydrogen-bond acceptors (Lipinski definition) is 6. The van der Waals surface area contributed by atoms with E-state index in [1.165, 1.54) is 13.2 Å². The van der Waals surface area contributed by atoms with Crippen molar-refractivity contribution in [3.8, 4) is 5.88 Å². The Morgan fingerprint density at radius 1 is 1.50 bits per heavy atom. The second kappa shape index (κ2) is 5.91. The van der Waals surface area contributed by atoms with Crippen LogP contribution in [-0.2, 0) is 9.53 Å². The van der Waals surface area contributed by atoms with E-state index >= 15 is 0 Å². The van der Waals surface area contributed by atoms with Crippen molar-refractivity contribution in [1.29, 1.82) is 0 Å². The van der Waals surface area contributed by atoms with Gasteiger partial charge in [0, 0.05) is 19.8 Å². The van der Waals surface area contributed by atoms with Crippen molar-refractivity contribution in [1.82, 2.24) is 10.5 Å². The number of nitrogens with one attached hydrogen (secondary N) is 1. The molecule has 1 fully saturated rings. The third-order valence-electron chi connectivity index (χ3n) is 3.41. The Kier molecular flexibility index (Phi) is 4.23. The molecule has 1 aromatic rings. The van der Waals surface area contributed by atoms with Crippen molar-refractivity contribution in [3.05, 3.63) is 11.8 Å². The number of carbonyl (C=O) groups is 2. The number of carboxylic acids is 1. The lowest BCUT2D eigenvalue weighted by atomic mass is 9.80. The van der Waals surface area contributed by atoms with Gasteiger partial charge in [0.2, 0.25) is 5.76 Å². The van der Waals surface area contributed by atoms with Crippen molar-refractivity contribution in [2.24, 2.45) is 5.41 Å². The van der Waals surface area contributed by atoms with Gasteiger partial charge in [0.1, 0.15) is 0 Å². The summed E-state index contributed by atoms with van der Waals surface area (Å²) in [5.41, 5.74) is -0.988. The summed E-state index contributed by atoms with van der Waals surface area (Å²) >= 11 is 0. The topological polar surface area (TPSA) is 111 Å². The van der Waals surface area contributed by atoms with E-state index in [9.17, 15) is 14.7 Å². The molecule has 1 aliphatic rings. The minimum atomic E-state index is -0.988. The molecule has 1 amide bonds. The van der Waals surface area contributed by atoms with Crippen LogP contribution in [0.4, 0.5) is 0 Å². The summed E-state index contributed by atoms with van der Waals surface area (Å²) in [6.45, 7) is 0.768. The normalized spacial score (nSPS) is 17.4. The lowest BCUT2D eigenvalue weighted by molar-refractivity contribution is -0.154. The fraction of sp³-hybridized carbons (Fsp3) is 0.583. The van der Waals surface area contributed by atoms with Gasteiger partial charge in [-0.05, 0) is 18.0 Å². The zero-order chi connectivity index (χ0) is 14.6. The number of carbonyl (C=O) groups excluding carboxylic acids is 1. The van der Waals surface area contributed by atoms with E-state index < -0.39 is 17.3 Å². The van der Waals surface area contributed by atoms with Gasteiger partial charge in [-0.25, -0.2) is 0 Å². The Hall–Kier alpha value is -2.09. The smallest absolute Gasteiger partial charge is 0.311 e. The van der Waals surface area contributed by atoms with E-state index in [1.807, 2.05) is 0 Å². The van der Waals surface area contributed by atoms with Crippen molar-refractivity contribution < 1.29 is 28.7 Å². The molecule has 8 nitrogen and oxygen atoms in total. The summed E-state index contributed by atoms with van der Waals surface area (Å²) in [6, 6.07) is 1.34. The maximum Gasteiger partial charge on any atom is 0.311 e. The standard InChI is InChI=1S/C12H16N2O6/c1-18-9-6-8(20-14-9)10(15)13-7-12(11(16)17)2-4-19-5-3-12/h6H,2-5,7H2,1H3,(H,13,15)(H,16,17). The highest BCUT2D eigenvalue weighted by molar-refractivity contribution is 5.92. The minimum Gasteiger partial charge on any atom is -0.481 e. The number of aliphatic carboxylic acids is 1. The zero-order valence-electron chi connectivity index (χ0n) is 11.0. The van der Waals surface area contributed by atoms with E-state index in [4.69, 9.17) is 14.0 Å². The summed E-state index contributed by atoms with van der Waals surface area (Å²) < 4.78 is 14.8. The second-order valence-electron chi connectivity index (χ2n) is 4.61. The van der Waals surface area contributed by atoms with Crippen molar-refractivity contribution in [3.63, 3.8) is 0 Å². The van der Waals surface area contributed by atoms with Crippen LogP contribution < -0.4 is 10.1 Å². The molecule has 110 valence electrons. The van der Waals surface area contributed by atoms with Gasteiger partial charge in [0.25, 0.3) is 11.8 Å². The fourth-order valence-electron chi connectivity index (χ4n) is 2.03. The fourth-order valence-corrected chi connectivity index (χ4v) is 2.03. The molecule has 2 rings (SSSR count). The third kappa shape index (κ3) is 2.90. The van der Waals surface area contributed by atoms with Crippen LogP contribution in [0.25, 0.3) is 0 Å². The van der Waals surface area contributed by atoms with E-state index in [-0.39, 0.29) is 18.2 Å². The lowest BCUT2D eigenvalue weighted by Crippen LogP contribution is -2.46. The van der Waals surface area contributed by atoms with Crippen LogP contribution in [0.15, 0.2) is 10.6 Å². The first kappa shape index (κ1) is 14.3. The van der Waals surface area contributed by atoms with Crippen LogP contribution in [0.1, 0.15) is 23.4 Å². The van der Waals surface area contributed by atoms with Gasteiger partial charge in [-0.2, -0.15) is 0 Å². The van der Waals surface area contributed by atoms with E-state index in [0.29, 0.717) is 26.1 Å². The number of rotatable bonds is 5. The maximum atomic E-state index is 11.9. The first-order valence-corrected chi connectivity index (χ1v) is 6.17. The molecule has 20 heavy (non-hydrogen) atoms. The zero-order valence-corrected chi connectivity index (χ0v) is 11.0. The number of amides is 1. The van der Waals surface area contributed by atoms with Crippen LogP contribution in [0.3, 0.4) is 0 Å². The Balaban J connectivity index is 1.98. The molecule has 0 aliphatic carbocycles. The molecule has 2 N–H and O–H groups in total. The summed E-state index contributed by atoms with van der Waals surface area (Å²) in [5.74, 6) is -1.28. The number of carboxylic acid groups (broad SMARTS) is 1. The first-order chi connectivity index (χ1) is 9.57. The minimum absolute atomic E-state index is 0.0190. The molecule has 0 aromatic carbocycles. The molecular weight excluding hydrogens is 268 g/mol. The van der Waals surface area contributed by atoms with Gasteiger partial charge in [0.05, 0.1) is 18.6 Å². The molecule has 0 spiro atoms. The van der Waals surface area contributed by atoms with Gasteiger partial charge < -0.3 is 24.4 Å². The molecule has 0 atom stereocenters. The van der Waals surface area contributed by atoms with Crippen molar-refractivity contribution in [2.75, 3.05) is 26.9 Å². The molecular formula is C12H16N2O6. The molecule has 2 heterocycles. The Morgan fingerprint density at radius 2 is 2.20 bits per heavy atom. The van der Waals surface area contributed by atoms with E-state index in [2.05, 4.69) is 10.5 Å². The largest absolute Gasteiger partial charge is 0.481 e. The van der Waals surface area contributed by atoms with Gasteiger partial charge in [-0.15, -0.1) is 0 Å². The summed E-state index contributed by atoms with van der Waals surface area (Å²) in [6.07, 6.45) is 0.727. The number of methoxy groups -OCH3 is 1. The van der Waals surface area contributed by atoms with Gasteiger partial charge in [0.15, 0.2) is 0 Å². The molecule has 1 saturated heterocycles. The Morgan fingerprint density at radius 3 is 2.75 bits per heavy atom. The summed E-state index contributed by atoms with van der Waals surface area (Å²) in [7, 11) is 1.40. The predicted molar refractivity (Wildman–Crippen MR) is 65.5 cm³/mol. The average Bonchev–Trinajstić information content (AvgIpc) is 2.94. The molecule has 8 heteroatoms. The van der Waals surface area contributed by atoms with Gasteiger partial charge in [-0.3, -0.25) is 9.59 Å². The maximum absolute atomic E-state index is 11.9. The van der Waals surface area contributed by atoms with Crippen molar-refractivity contribution in [2.45, 2.75) is 12.8 Å². The quantitative estimate of drug-likeness (QED) is 0.799. The number of nitrogens with zero attached hydrogens (tertiary/aromatic N) is 1. The summed E-state index contributed by atoms with van der Waals surface area (Å²) in [4.78, 5) is 23.3. The Labute approximate surface area is 115 Å². The Bertz CT molecular complexity index is 492. The van der Waals surface area contributed by atoms with Crippen LogP contribution in [0.5, 0.6) is 5.88 Å². The van der Waals surface area contributed by atoms with E-state index in [0.717, 1.165) is 0 Å². The first-order valence-electron chi connectivity index (χ1n) is 6.17. The highest BCUT2D eigenvalue weighted by Crippen LogP contribution is 2.30. The van der Waals surface area contributed by atoms with Crippen molar-refractivity contribution >= 4 is 11.9 Å². The highest BCUT2D eigenvalue weighted by atomic mass is 16.5. The molecule has 1 aromatic heterocycles. The van der Waals surface area contributed by atoms with Crippen LogP contribution in [0.2, 0.25) is 0 Å². The molecule has 0 unspecified atom stereocenters. The SMILES string of the molecule is COc1cc(C(=O)NCC2(C(=O)O)CCOCC2)on1. The molecule has 1 aliphatic heterocycles. The van der Waals surface area contributed by atoms with Gasteiger partial charge >= 0.3 is 5.97 Å². The monoisotopic (exact) mass is 284 g/mol. The van der Waals surface area contributed by atoms with Gasteiger partial charge in [-0.1, -0.05) is 0 Å². The lowest BCUT2D eigenvalue weighted by Gasteiger charge is -2.32. The average molecular weight is 284 g/mol. The van der Waals surface area contributed by atoms with Crippen LogP contribution in [0, 0.1) is 5.41 Å². The molecule has 0 bridgehead atoms. The third-order valence-corrected chi connectivity index (χ3v) is 3.41. The summed E-state index contributed by atoms with van der Waals surface area (Å²) in [5, 5.41) is 15.4. The molecule has 0 radical (unpaired) electrons. The van der Waals surface area contributed by atoms with E-state index in [1.54, 1.807) is 0 Å². The van der Waals surface area contributed by atoms with Crippen LogP contribution >= 0.6 is 0 Å². The van der Waals surface area contributed by atoms with Crippen LogP contribution in [-0.4, -0.2) is 49.0 Å². The predicted octanol–water partition coefficient (Wildman–Crippen LogP) is 0.294. The number of hydrogen-bond donors (Lipinski definition) is 2. The molecule has 0 saturated carbocycles. The highest BCUT2D eigenvalue weighted by Gasteiger charge is 2.40.